The van der Waals surface area contributed by atoms with E-state index in [4.69, 9.17) is 5.73 Å². The van der Waals surface area contributed by atoms with Crippen LogP contribution in [0.4, 0.5) is 0 Å². The monoisotopic (exact) mass is 286 g/mol. The van der Waals surface area contributed by atoms with Gasteiger partial charge in [0.05, 0.1) is 0 Å². The van der Waals surface area contributed by atoms with Crippen LogP contribution in [0.2, 0.25) is 0 Å². The van der Waals surface area contributed by atoms with Gasteiger partial charge in [0.25, 0.3) is 0 Å². The summed E-state index contributed by atoms with van der Waals surface area (Å²) in [6.45, 7) is 7.77. The second-order valence-corrected chi connectivity index (χ2v) is 7.49. The van der Waals surface area contributed by atoms with Crippen molar-refractivity contribution in [2.75, 3.05) is 6.54 Å². The third kappa shape index (κ3) is 2.89. The summed E-state index contributed by atoms with van der Waals surface area (Å²) in [6, 6.07) is 8.90. The van der Waals surface area contributed by atoms with Gasteiger partial charge in [-0.25, -0.2) is 0 Å². The van der Waals surface area contributed by atoms with Crippen molar-refractivity contribution in [3.05, 3.63) is 35.4 Å². The first-order valence-electron chi connectivity index (χ1n) is 8.66. The molecule has 0 saturated heterocycles. The first-order chi connectivity index (χ1) is 10.1. The Balaban J connectivity index is 1.76. The predicted octanol–water partition coefficient (Wildman–Crippen LogP) is 3.94. The van der Waals surface area contributed by atoms with Crippen LogP contribution in [0.15, 0.2) is 24.3 Å². The number of nitrogens with zero attached hydrogens (tertiary/aromatic N) is 1. The Morgan fingerprint density at radius 2 is 1.81 bits per heavy atom. The Morgan fingerprint density at radius 3 is 2.38 bits per heavy atom. The maximum absolute atomic E-state index is 6.30. The fraction of sp³-hybridized carbons (Fsp3) is 0.684. The molecule has 1 aliphatic heterocycles. The lowest BCUT2D eigenvalue weighted by molar-refractivity contribution is 0.0733. The topological polar surface area (TPSA) is 29.3 Å². The summed E-state index contributed by atoms with van der Waals surface area (Å²) >= 11 is 0. The van der Waals surface area contributed by atoms with Crippen LogP contribution in [0.3, 0.4) is 0 Å². The van der Waals surface area contributed by atoms with Crippen molar-refractivity contribution in [1.29, 1.82) is 0 Å². The normalized spacial score (nSPS) is 30.4. The standard InChI is InChI=1S/C19H30N2/c1-15(2)16-8-5-10-19(14-20,11-9-16)21-12-17-6-3-4-7-18(17)13-21/h3-4,6-7,15-16H,5,8-14,20H2,1-2H3. The average Bonchev–Trinajstić information content (AvgIpc) is 2.80. The van der Waals surface area contributed by atoms with Crippen LogP contribution in [-0.2, 0) is 13.1 Å². The highest BCUT2D eigenvalue weighted by Crippen LogP contribution is 2.40. The molecule has 3 rings (SSSR count). The smallest absolute Gasteiger partial charge is 0.0338 e. The minimum Gasteiger partial charge on any atom is -0.329 e. The Hall–Kier alpha value is -0.860. The van der Waals surface area contributed by atoms with E-state index in [9.17, 15) is 0 Å². The van der Waals surface area contributed by atoms with E-state index in [1.54, 1.807) is 0 Å². The second-order valence-electron chi connectivity index (χ2n) is 7.49. The quantitative estimate of drug-likeness (QED) is 0.853. The van der Waals surface area contributed by atoms with Crippen molar-refractivity contribution in [2.24, 2.45) is 17.6 Å². The molecule has 1 saturated carbocycles. The zero-order valence-electron chi connectivity index (χ0n) is 13.6. The number of hydrogen-bond donors (Lipinski definition) is 1. The number of fused-ring (bicyclic) bond motifs is 1. The van der Waals surface area contributed by atoms with Gasteiger partial charge in [-0.2, -0.15) is 0 Å². The minimum atomic E-state index is 0.239. The van der Waals surface area contributed by atoms with Gasteiger partial charge in [-0.05, 0) is 42.2 Å². The van der Waals surface area contributed by atoms with E-state index < -0.39 is 0 Å². The zero-order valence-corrected chi connectivity index (χ0v) is 13.6. The Morgan fingerprint density at radius 1 is 1.14 bits per heavy atom. The molecule has 2 unspecified atom stereocenters. The summed E-state index contributed by atoms with van der Waals surface area (Å²) in [4.78, 5) is 2.68. The Bertz CT molecular complexity index is 457. The van der Waals surface area contributed by atoms with Crippen LogP contribution in [0.25, 0.3) is 0 Å². The number of rotatable bonds is 3. The third-order valence-electron chi connectivity index (χ3n) is 6.03. The maximum Gasteiger partial charge on any atom is 0.0338 e. The first-order valence-corrected chi connectivity index (χ1v) is 8.66. The molecule has 1 heterocycles. The lowest BCUT2D eigenvalue weighted by Gasteiger charge is -2.41. The predicted molar refractivity (Wildman–Crippen MR) is 88.9 cm³/mol. The van der Waals surface area contributed by atoms with E-state index in [0.29, 0.717) is 0 Å². The summed E-state index contributed by atoms with van der Waals surface area (Å²) in [5.41, 5.74) is 9.56. The average molecular weight is 286 g/mol. The van der Waals surface area contributed by atoms with E-state index in [1.165, 1.54) is 43.2 Å². The lowest BCUT2D eigenvalue weighted by atomic mass is 9.85. The molecule has 0 radical (unpaired) electrons. The van der Waals surface area contributed by atoms with E-state index in [1.807, 2.05) is 0 Å². The van der Waals surface area contributed by atoms with Crippen molar-refractivity contribution in [3.63, 3.8) is 0 Å². The number of hydrogen-bond acceptors (Lipinski definition) is 2. The van der Waals surface area contributed by atoms with Crippen molar-refractivity contribution < 1.29 is 0 Å². The number of nitrogens with two attached hydrogens (primary N) is 1. The summed E-state index contributed by atoms with van der Waals surface area (Å²) in [5.74, 6) is 1.71. The highest BCUT2D eigenvalue weighted by atomic mass is 15.2. The molecule has 2 heteroatoms. The Labute approximate surface area is 129 Å². The molecule has 2 N–H and O–H groups in total. The molecule has 2 nitrogen and oxygen atoms in total. The molecule has 0 bridgehead atoms. The van der Waals surface area contributed by atoms with Crippen molar-refractivity contribution >= 4 is 0 Å². The van der Waals surface area contributed by atoms with Gasteiger partial charge in [0.1, 0.15) is 0 Å². The molecule has 1 fully saturated rings. The molecule has 0 amide bonds. The molecule has 2 aliphatic rings. The van der Waals surface area contributed by atoms with Crippen molar-refractivity contribution in [3.8, 4) is 0 Å². The molecule has 0 aromatic heterocycles. The molecule has 116 valence electrons. The minimum absolute atomic E-state index is 0.239. The van der Waals surface area contributed by atoms with Crippen molar-refractivity contribution in [1.82, 2.24) is 4.90 Å². The molecule has 1 aromatic rings. The second kappa shape index (κ2) is 6.10. The highest BCUT2D eigenvalue weighted by Gasteiger charge is 2.40. The molecule has 1 aromatic carbocycles. The highest BCUT2D eigenvalue weighted by molar-refractivity contribution is 5.31. The largest absolute Gasteiger partial charge is 0.329 e. The van der Waals surface area contributed by atoms with Gasteiger partial charge in [0.15, 0.2) is 0 Å². The molecule has 2 atom stereocenters. The molecule has 21 heavy (non-hydrogen) atoms. The van der Waals surface area contributed by atoms with Gasteiger partial charge in [-0.3, -0.25) is 4.90 Å². The van der Waals surface area contributed by atoms with Gasteiger partial charge in [0, 0.05) is 25.2 Å². The van der Waals surface area contributed by atoms with Gasteiger partial charge in [0.2, 0.25) is 0 Å². The summed E-state index contributed by atoms with van der Waals surface area (Å²) in [6.07, 6.45) is 6.63. The van der Waals surface area contributed by atoms with E-state index in [0.717, 1.165) is 31.5 Å². The van der Waals surface area contributed by atoms with Gasteiger partial charge in [-0.1, -0.05) is 51.0 Å². The van der Waals surface area contributed by atoms with Crippen LogP contribution < -0.4 is 5.73 Å². The SMILES string of the molecule is CC(C)C1CCCC(CN)(N2Cc3ccccc3C2)CC1. The van der Waals surface area contributed by atoms with Crippen LogP contribution >= 0.6 is 0 Å². The third-order valence-corrected chi connectivity index (χ3v) is 6.03. The van der Waals surface area contributed by atoms with E-state index in [2.05, 4.69) is 43.0 Å². The van der Waals surface area contributed by atoms with Crippen LogP contribution in [0.1, 0.15) is 57.1 Å². The van der Waals surface area contributed by atoms with Crippen LogP contribution in [0.5, 0.6) is 0 Å². The number of benzene rings is 1. The molecular weight excluding hydrogens is 256 g/mol. The van der Waals surface area contributed by atoms with Crippen LogP contribution in [-0.4, -0.2) is 17.0 Å². The van der Waals surface area contributed by atoms with Crippen LogP contribution in [0, 0.1) is 11.8 Å². The van der Waals surface area contributed by atoms with E-state index >= 15 is 0 Å². The molecule has 0 spiro atoms. The Kier molecular flexibility index (Phi) is 4.37. The van der Waals surface area contributed by atoms with Gasteiger partial charge in [-0.15, -0.1) is 0 Å². The summed E-state index contributed by atoms with van der Waals surface area (Å²) in [7, 11) is 0. The zero-order chi connectivity index (χ0) is 14.9. The van der Waals surface area contributed by atoms with Gasteiger partial charge < -0.3 is 5.73 Å². The summed E-state index contributed by atoms with van der Waals surface area (Å²) in [5, 5.41) is 0. The molecule has 1 aliphatic carbocycles. The van der Waals surface area contributed by atoms with E-state index in [-0.39, 0.29) is 5.54 Å². The maximum atomic E-state index is 6.30. The summed E-state index contributed by atoms with van der Waals surface area (Å²) < 4.78 is 0. The molecular formula is C19H30N2. The van der Waals surface area contributed by atoms with Gasteiger partial charge >= 0.3 is 0 Å². The van der Waals surface area contributed by atoms with Crippen molar-refractivity contribution in [2.45, 2.75) is 64.6 Å². The first kappa shape index (κ1) is 15.1. The lowest BCUT2D eigenvalue weighted by Crippen LogP contribution is -2.51. The fourth-order valence-corrected chi connectivity index (χ4v) is 4.40. The fourth-order valence-electron chi connectivity index (χ4n) is 4.40.